The third-order valence-electron chi connectivity index (χ3n) is 4.54. The zero-order valence-electron chi connectivity index (χ0n) is 12.7. The largest absolute Gasteiger partial charge is 0.481 e. The number of carbonyl (C=O) groups is 3. The molecule has 122 valence electrons. The zero-order chi connectivity index (χ0) is 16.7. The zero-order valence-corrected chi connectivity index (χ0v) is 13.6. The van der Waals surface area contributed by atoms with Crippen LogP contribution in [-0.4, -0.2) is 30.1 Å². The number of thiophene rings is 1. The Bertz CT molecular complexity index is 707. The van der Waals surface area contributed by atoms with Gasteiger partial charge in [-0.25, -0.2) is 4.79 Å². The number of aliphatic carboxylic acids is 1. The molecule has 0 saturated heterocycles. The quantitative estimate of drug-likeness (QED) is 0.650. The van der Waals surface area contributed by atoms with Crippen LogP contribution in [0.5, 0.6) is 0 Å². The van der Waals surface area contributed by atoms with Crippen molar-refractivity contribution in [3.63, 3.8) is 0 Å². The highest BCUT2D eigenvalue weighted by Crippen LogP contribution is 2.48. The Hall–Kier alpha value is -2.15. The van der Waals surface area contributed by atoms with Gasteiger partial charge in [-0.05, 0) is 31.2 Å². The van der Waals surface area contributed by atoms with E-state index in [9.17, 15) is 19.5 Å². The van der Waals surface area contributed by atoms with Crippen LogP contribution in [0.3, 0.4) is 0 Å². The van der Waals surface area contributed by atoms with Crippen molar-refractivity contribution in [2.45, 2.75) is 13.3 Å². The molecule has 3 rings (SSSR count). The number of methoxy groups -OCH3 is 1. The number of carboxylic acids is 1. The number of rotatable bonds is 4. The normalized spacial score (nSPS) is 27.9. The monoisotopic (exact) mass is 335 g/mol. The maximum Gasteiger partial charge on any atom is 0.340 e. The average molecular weight is 335 g/mol. The number of carboxylic acid groups (broad SMARTS) is 1. The number of anilines is 1. The van der Waals surface area contributed by atoms with Gasteiger partial charge in [0.2, 0.25) is 5.91 Å². The standard InChI is InChI=1S/C16H17NO5S/c1-7-5-10(16(21)22-2)14(23-7)17-13(18)11-8-3-4-9(6-8)12(11)15(19)20/h3-5,8-9,11-12H,6H2,1-2H3,(H,17,18)(H,19,20)/t8-,9+,11-,12+/m1/s1. The molecular formula is C16H17NO5S. The second-order valence-corrected chi connectivity index (χ2v) is 7.18. The Morgan fingerprint density at radius 1 is 1.26 bits per heavy atom. The van der Waals surface area contributed by atoms with Gasteiger partial charge in [0.15, 0.2) is 0 Å². The van der Waals surface area contributed by atoms with E-state index in [1.807, 2.05) is 19.1 Å². The first-order chi connectivity index (χ1) is 10.9. The van der Waals surface area contributed by atoms with E-state index in [0.29, 0.717) is 17.0 Å². The van der Waals surface area contributed by atoms with Crippen LogP contribution in [0.4, 0.5) is 5.00 Å². The van der Waals surface area contributed by atoms with Crippen molar-refractivity contribution in [2.24, 2.45) is 23.7 Å². The van der Waals surface area contributed by atoms with Crippen molar-refractivity contribution in [3.8, 4) is 0 Å². The van der Waals surface area contributed by atoms with Crippen molar-refractivity contribution in [2.75, 3.05) is 12.4 Å². The van der Waals surface area contributed by atoms with Crippen LogP contribution in [0.15, 0.2) is 18.2 Å². The molecule has 0 aromatic carbocycles. The minimum atomic E-state index is -0.947. The lowest BCUT2D eigenvalue weighted by Crippen LogP contribution is -2.36. The third-order valence-corrected chi connectivity index (χ3v) is 5.51. The average Bonchev–Trinajstić information content (AvgIpc) is 3.19. The summed E-state index contributed by atoms with van der Waals surface area (Å²) in [6.07, 6.45) is 4.51. The molecule has 0 aliphatic heterocycles. The van der Waals surface area contributed by atoms with E-state index in [0.717, 1.165) is 4.88 Å². The molecule has 2 aliphatic carbocycles. The molecule has 7 heteroatoms. The molecule has 23 heavy (non-hydrogen) atoms. The number of fused-ring (bicyclic) bond motifs is 2. The predicted octanol–water partition coefficient (Wildman–Crippen LogP) is 2.30. The lowest BCUT2D eigenvalue weighted by atomic mass is 9.82. The van der Waals surface area contributed by atoms with Gasteiger partial charge in [0.05, 0.1) is 24.5 Å². The summed E-state index contributed by atoms with van der Waals surface area (Å²) in [6.45, 7) is 1.83. The maximum absolute atomic E-state index is 12.6. The topological polar surface area (TPSA) is 92.7 Å². The van der Waals surface area contributed by atoms with E-state index in [1.54, 1.807) is 6.07 Å². The molecule has 0 spiro atoms. The maximum atomic E-state index is 12.6. The van der Waals surface area contributed by atoms with Gasteiger partial charge in [-0.3, -0.25) is 9.59 Å². The fourth-order valence-electron chi connectivity index (χ4n) is 3.58. The Morgan fingerprint density at radius 2 is 1.91 bits per heavy atom. The second-order valence-electron chi connectivity index (χ2n) is 5.92. The van der Waals surface area contributed by atoms with Crippen LogP contribution < -0.4 is 5.32 Å². The van der Waals surface area contributed by atoms with Crippen LogP contribution in [-0.2, 0) is 14.3 Å². The van der Waals surface area contributed by atoms with Gasteiger partial charge in [0, 0.05) is 4.88 Å². The molecule has 1 aromatic rings. The summed E-state index contributed by atoms with van der Waals surface area (Å²) >= 11 is 1.28. The van der Waals surface area contributed by atoms with E-state index in [2.05, 4.69) is 5.32 Å². The van der Waals surface area contributed by atoms with E-state index >= 15 is 0 Å². The van der Waals surface area contributed by atoms with E-state index in [1.165, 1.54) is 18.4 Å². The van der Waals surface area contributed by atoms with E-state index in [4.69, 9.17) is 4.74 Å². The lowest BCUT2D eigenvalue weighted by molar-refractivity contribution is -0.146. The van der Waals surface area contributed by atoms with Crippen LogP contribution >= 0.6 is 11.3 Å². The molecule has 1 aromatic heterocycles. The summed E-state index contributed by atoms with van der Waals surface area (Å²) in [5.41, 5.74) is 0.300. The van der Waals surface area contributed by atoms with E-state index in [-0.39, 0.29) is 17.7 Å². The molecule has 2 aliphatic rings. The van der Waals surface area contributed by atoms with Crippen molar-refractivity contribution >= 4 is 34.2 Å². The van der Waals surface area contributed by atoms with Crippen molar-refractivity contribution in [1.82, 2.24) is 0 Å². The van der Waals surface area contributed by atoms with E-state index < -0.39 is 23.8 Å². The summed E-state index contributed by atoms with van der Waals surface area (Å²) in [5, 5.41) is 12.6. The molecule has 1 amide bonds. The number of hydrogen-bond donors (Lipinski definition) is 2. The third kappa shape index (κ3) is 2.65. The van der Waals surface area contributed by atoms with Gasteiger partial charge >= 0.3 is 11.9 Å². The van der Waals surface area contributed by atoms with Gasteiger partial charge < -0.3 is 15.2 Å². The number of aryl methyl sites for hydroxylation is 1. The van der Waals surface area contributed by atoms with Crippen LogP contribution in [0.25, 0.3) is 0 Å². The summed E-state index contributed by atoms with van der Waals surface area (Å²) < 4.78 is 4.72. The number of amides is 1. The van der Waals surface area contributed by atoms with Crippen molar-refractivity contribution in [1.29, 1.82) is 0 Å². The number of allylic oxidation sites excluding steroid dienone is 2. The lowest BCUT2D eigenvalue weighted by Gasteiger charge is -2.23. The molecule has 1 heterocycles. The number of hydrogen-bond acceptors (Lipinski definition) is 5. The summed E-state index contributed by atoms with van der Waals surface area (Å²) in [7, 11) is 1.28. The summed E-state index contributed by atoms with van der Waals surface area (Å²) in [4.78, 5) is 36.8. The fraction of sp³-hybridized carbons (Fsp3) is 0.438. The Morgan fingerprint density at radius 3 is 2.52 bits per heavy atom. The van der Waals surface area contributed by atoms with Crippen molar-refractivity contribution < 1.29 is 24.2 Å². The molecule has 6 nitrogen and oxygen atoms in total. The Kier molecular flexibility index (Phi) is 3.97. The van der Waals surface area contributed by atoms with Gasteiger partial charge in [0.25, 0.3) is 0 Å². The molecule has 0 unspecified atom stereocenters. The van der Waals surface area contributed by atoms with Gasteiger partial charge in [-0.1, -0.05) is 12.2 Å². The predicted molar refractivity (Wildman–Crippen MR) is 84.4 cm³/mol. The number of esters is 1. The van der Waals surface area contributed by atoms with Crippen LogP contribution in [0.2, 0.25) is 0 Å². The van der Waals surface area contributed by atoms with Gasteiger partial charge in [-0.2, -0.15) is 0 Å². The first-order valence-corrected chi connectivity index (χ1v) is 8.14. The molecule has 2 N–H and O–H groups in total. The summed E-state index contributed by atoms with van der Waals surface area (Å²) in [6, 6.07) is 1.65. The molecule has 1 saturated carbocycles. The number of carbonyl (C=O) groups excluding carboxylic acids is 2. The number of nitrogens with one attached hydrogen (secondary N) is 1. The minimum Gasteiger partial charge on any atom is -0.481 e. The highest BCUT2D eigenvalue weighted by atomic mass is 32.1. The molecule has 1 fully saturated rings. The minimum absolute atomic E-state index is 0.0521. The SMILES string of the molecule is COC(=O)c1cc(C)sc1NC(=O)[C@H]1[C@@H](C(=O)O)[C@H]2C=C[C@@H]1C2. The second kappa shape index (κ2) is 5.81. The molecule has 4 atom stereocenters. The smallest absolute Gasteiger partial charge is 0.340 e. The molecule has 0 radical (unpaired) electrons. The fourth-order valence-corrected chi connectivity index (χ4v) is 4.48. The summed E-state index contributed by atoms with van der Waals surface area (Å²) in [5.74, 6) is -3.25. The number of ether oxygens (including phenoxy) is 1. The van der Waals surface area contributed by atoms with Gasteiger partial charge in [-0.15, -0.1) is 11.3 Å². The first kappa shape index (κ1) is 15.7. The van der Waals surface area contributed by atoms with Gasteiger partial charge in [0.1, 0.15) is 5.00 Å². The highest BCUT2D eigenvalue weighted by Gasteiger charge is 2.51. The van der Waals surface area contributed by atoms with Crippen LogP contribution in [0.1, 0.15) is 21.7 Å². The molecule has 2 bridgehead atoms. The van der Waals surface area contributed by atoms with Crippen LogP contribution in [0, 0.1) is 30.6 Å². The Balaban J connectivity index is 1.84. The molecular weight excluding hydrogens is 318 g/mol. The first-order valence-electron chi connectivity index (χ1n) is 7.33. The Labute approximate surface area is 137 Å². The van der Waals surface area contributed by atoms with Crippen molar-refractivity contribution in [3.05, 3.63) is 28.7 Å². The highest BCUT2D eigenvalue weighted by molar-refractivity contribution is 7.16.